The maximum absolute atomic E-state index is 13.8. The molecule has 0 amide bonds. The minimum Gasteiger partial charge on any atom is -0.383 e. The molecule has 0 aliphatic carbocycles. The van der Waals surface area contributed by atoms with E-state index in [0.29, 0.717) is 22.5 Å². The summed E-state index contributed by atoms with van der Waals surface area (Å²) in [5, 5.41) is 0. The number of nitrogens with two attached hydrogens (primary N) is 2. The van der Waals surface area contributed by atoms with Crippen molar-refractivity contribution >= 4 is 23.0 Å². The SMILES string of the molecule is NC(=NCc1ccc(F)cc1F)c1cccc(NNNc2cccc(C(N)=NCc3ccc(F)cc3F)c2)c1. The molecule has 0 saturated heterocycles. The number of halogens is 4. The number of benzene rings is 4. The van der Waals surface area contributed by atoms with Crippen molar-refractivity contribution in [2.24, 2.45) is 21.5 Å². The average Bonchev–Trinajstić information content (AvgIpc) is 2.92. The highest BCUT2D eigenvalue weighted by atomic mass is 19.1. The van der Waals surface area contributed by atoms with E-state index < -0.39 is 23.3 Å². The molecule has 0 bridgehead atoms. The largest absolute Gasteiger partial charge is 0.383 e. The monoisotopic (exact) mass is 535 g/mol. The third-order valence-electron chi connectivity index (χ3n) is 5.60. The molecule has 0 saturated carbocycles. The average molecular weight is 536 g/mol. The molecule has 0 aromatic heterocycles. The van der Waals surface area contributed by atoms with Crippen LogP contribution in [0.25, 0.3) is 0 Å². The van der Waals surface area contributed by atoms with Gasteiger partial charge in [-0.25, -0.2) is 17.6 Å². The predicted octanol–water partition coefficient (Wildman–Crippen LogP) is 5.00. The van der Waals surface area contributed by atoms with E-state index in [-0.39, 0.29) is 35.9 Å². The summed E-state index contributed by atoms with van der Waals surface area (Å²) >= 11 is 0. The Morgan fingerprint density at radius 2 is 1.03 bits per heavy atom. The first-order chi connectivity index (χ1) is 18.8. The van der Waals surface area contributed by atoms with E-state index >= 15 is 0 Å². The van der Waals surface area contributed by atoms with Crippen LogP contribution in [0.2, 0.25) is 0 Å². The summed E-state index contributed by atoms with van der Waals surface area (Å²) in [7, 11) is 0. The molecule has 11 heteroatoms. The van der Waals surface area contributed by atoms with Gasteiger partial charge < -0.3 is 22.3 Å². The molecule has 7 N–H and O–H groups in total. The van der Waals surface area contributed by atoms with Gasteiger partial charge in [0.25, 0.3) is 0 Å². The third kappa shape index (κ3) is 7.55. The fourth-order valence-electron chi connectivity index (χ4n) is 3.51. The zero-order valence-corrected chi connectivity index (χ0v) is 20.6. The third-order valence-corrected chi connectivity index (χ3v) is 5.60. The van der Waals surface area contributed by atoms with Gasteiger partial charge in [-0.05, 0) is 36.4 Å². The Hall–Kier alpha value is -4.90. The summed E-state index contributed by atoms with van der Waals surface area (Å²) in [6.45, 7) is -0.0615. The number of hydrogen-bond donors (Lipinski definition) is 5. The Labute approximate surface area is 222 Å². The Kier molecular flexibility index (Phi) is 8.75. The number of anilines is 2. The van der Waals surface area contributed by atoms with E-state index in [4.69, 9.17) is 11.5 Å². The van der Waals surface area contributed by atoms with E-state index in [1.54, 1.807) is 48.5 Å². The fourth-order valence-corrected chi connectivity index (χ4v) is 3.51. The van der Waals surface area contributed by atoms with Gasteiger partial charge >= 0.3 is 0 Å². The molecule has 7 nitrogen and oxygen atoms in total. The smallest absolute Gasteiger partial charge is 0.131 e. The van der Waals surface area contributed by atoms with Crippen LogP contribution >= 0.6 is 0 Å². The quantitative estimate of drug-likeness (QED) is 0.0850. The van der Waals surface area contributed by atoms with Gasteiger partial charge in [0, 0.05) is 34.4 Å². The molecule has 0 heterocycles. The van der Waals surface area contributed by atoms with Crippen molar-refractivity contribution in [2.75, 3.05) is 10.9 Å². The lowest BCUT2D eigenvalue weighted by molar-refractivity contribution is 0.572. The Balaban J connectivity index is 1.34. The van der Waals surface area contributed by atoms with Gasteiger partial charge in [-0.1, -0.05) is 36.4 Å². The predicted molar refractivity (Wildman–Crippen MR) is 145 cm³/mol. The summed E-state index contributed by atoms with van der Waals surface area (Å²) in [5.41, 5.74) is 23.9. The number of amidine groups is 2. The highest BCUT2D eigenvalue weighted by molar-refractivity contribution is 5.98. The summed E-state index contributed by atoms with van der Waals surface area (Å²) in [6, 6.07) is 20.7. The van der Waals surface area contributed by atoms with E-state index in [1.807, 2.05) is 0 Å². The number of nitrogens with one attached hydrogen (secondary N) is 3. The van der Waals surface area contributed by atoms with Crippen molar-refractivity contribution in [1.29, 1.82) is 0 Å². The van der Waals surface area contributed by atoms with Crippen LogP contribution < -0.4 is 27.9 Å². The van der Waals surface area contributed by atoms with E-state index in [2.05, 4.69) is 26.4 Å². The lowest BCUT2D eigenvalue weighted by atomic mass is 10.1. The van der Waals surface area contributed by atoms with Crippen molar-refractivity contribution < 1.29 is 17.6 Å². The van der Waals surface area contributed by atoms with Gasteiger partial charge in [-0.3, -0.25) is 9.98 Å². The first kappa shape index (κ1) is 27.1. The maximum atomic E-state index is 13.8. The molecule has 0 aliphatic heterocycles. The second-order valence-electron chi connectivity index (χ2n) is 8.41. The first-order valence-corrected chi connectivity index (χ1v) is 11.7. The summed E-state index contributed by atoms with van der Waals surface area (Å²) in [4.78, 5) is 8.40. The molecule has 200 valence electrons. The van der Waals surface area contributed by atoms with Crippen molar-refractivity contribution in [2.45, 2.75) is 13.1 Å². The molecule has 0 aliphatic rings. The molecule has 0 spiro atoms. The number of rotatable bonds is 10. The highest BCUT2D eigenvalue weighted by Gasteiger charge is 2.07. The fraction of sp³-hybridized carbons (Fsp3) is 0.0714. The summed E-state index contributed by atoms with van der Waals surface area (Å²) in [6.07, 6.45) is 0. The standard InChI is InChI=1S/C28H25F4N7/c29-21-9-7-19(25(31)13-21)15-35-27(33)17-3-1-5-23(11-17)37-39-38-24-6-2-4-18(12-24)28(34)36-16-20-8-10-22(30)14-26(20)32/h1-14,37-39H,15-16H2,(H2,33,35)(H2,34,36). The number of hydrazine groups is 2. The lowest BCUT2D eigenvalue weighted by Crippen LogP contribution is -2.28. The van der Waals surface area contributed by atoms with Crippen molar-refractivity contribution in [1.82, 2.24) is 5.53 Å². The summed E-state index contributed by atoms with van der Waals surface area (Å²) in [5.74, 6) is -2.30. The van der Waals surface area contributed by atoms with Crippen LogP contribution in [-0.2, 0) is 13.1 Å². The molecular formula is C28H25F4N7. The molecule has 0 radical (unpaired) electrons. The van der Waals surface area contributed by atoms with Gasteiger partial charge in [-0.15, -0.1) is 0 Å². The Morgan fingerprint density at radius 3 is 1.44 bits per heavy atom. The number of nitrogens with zero attached hydrogens (tertiary/aromatic N) is 2. The van der Waals surface area contributed by atoms with Crippen molar-refractivity contribution in [3.63, 3.8) is 0 Å². The van der Waals surface area contributed by atoms with Crippen LogP contribution in [0, 0.1) is 23.3 Å². The van der Waals surface area contributed by atoms with E-state index in [0.717, 1.165) is 12.1 Å². The van der Waals surface area contributed by atoms with Gasteiger partial charge in [0.05, 0.1) is 24.5 Å². The normalized spacial score (nSPS) is 11.9. The molecule has 4 aromatic carbocycles. The molecule has 0 atom stereocenters. The van der Waals surface area contributed by atoms with Crippen molar-refractivity contribution in [3.8, 4) is 0 Å². The van der Waals surface area contributed by atoms with Gasteiger partial charge in [0.2, 0.25) is 0 Å². The molecule has 4 rings (SSSR count). The second kappa shape index (κ2) is 12.6. The molecule has 0 fully saturated rings. The maximum Gasteiger partial charge on any atom is 0.131 e. The van der Waals surface area contributed by atoms with E-state index in [1.165, 1.54) is 24.3 Å². The van der Waals surface area contributed by atoms with Gasteiger partial charge in [-0.2, -0.15) is 5.53 Å². The molecule has 0 unspecified atom stereocenters. The number of hydrogen-bond acceptors (Lipinski definition) is 5. The number of aliphatic imine (C=N–C) groups is 2. The zero-order valence-electron chi connectivity index (χ0n) is 20.6. The molecule has 39 heavy (non-hydrogen) atoms. The van der Waals surface area contributed by atoms with Crippen LogP contribution in [0.5, 0.6) is 0 Å². The van der Waals surface area contributed by atoms with Crippen LogP contribution in [0.4, 0.5) is 28.9 Å². The minimum atomic E-state index is -0.684. The first-order valence-electron chi connectivity index (χ1n) is 11.7. The lowest BCUT2D eigenvalue weighted by Gasteiger charge is -2.13. The van der Waals surface area contributed by atoms with Gasteiger partial charge in [0.1, 0.15) is 34.9 Å². The molecular weight excluding hydrogens is 510 g/mol. The Morgan fingerprint density at radius 1 is 0.590 bits per heavy atom. The van der Waals surface area contributed by atoms with Crippen LogP contribution in [-0.4, -0.2) is 11.7 Å². The minimum absolute atomic E-state index is 0.0307. The zero-order chi connectivity index (χ0) is 27.8. The highest BCUT2D eigenvalue weighted by Crippen LogP contribution is 2.15. The van der Waals surface area contributed by atoms with Crippen LogP contribution in [0.3, 0.4) is 0 Å². The second-order valence-corrected chi connectivity index (χ2v) is 8.41. The topological polar surface area (TPSA) is 113 Å². The van der Waals surface area contributed by atoms with E-state index in [9.17, 15) is 17.6 Å². The van der Waals surface area contributed by atoms with Crippen LogP contribution in [0.1, 0.15) is 22.3 Å². The molecule has 4 aromatic rings. The van der Waals surface area contributed by atoms with Crippen molar-refractivity contribution in [3.05, 3.63) is 130 Å². The van der Waals surface area contributed by atoms with Crippen LogP contribution in [0.15, 0.2) is 94.9 Å². The Bertz CT molecular complexity index is 1410. The summed E-state index contributed by atoms with van der Waals surface area (Å²) < 4.78 is 53.8. The van der Waals surface area contributed by atoms with Gasteiger partial charge in [0.15, 0.2) is 0 Å².